The zero-order chi connectivity index (χ0) is 28.7. The van der Waals surface area contributed by atoms with Crippen molar-refractivity contribution in [2.75, 3.05) is 4.90 Å². The van der Waals surface area contributed by atoms with E-state index in [1.54, 1.807) is 6.92 Å². The summed E-state index contributed by atoms with van der Waals surface area (Å²) in [4.78, 5) is 15.2. The summed E-state index contributed by atoms with van der Waals surface area (Å²) < 4.78 is 0. The number of fused-ring (bicyclic) bond motifs is 1. The summed E-state index contributed by atoms with van der Waals surface area (Å²) in [5.74, 6) is 0.0690. The molecule has 0 saturated carbocycles. The zero-order valence-electron chi connectivity index (χ0n) is 24.3. The van der Waals surface area contributed by atoms with E-state index in [9.17, 15) is 4.79 Å². The van der Waals surface area contributed by atoms with Crippen LogP contribution in [0.3, 0.4) is 0 Å². The van der Waals surface area contributed by atoms with Gasteiger partial charge in [-0.15, -0.1) is 0 Å². The molecule has 1 atom stereocenters. The summed E-state index contributed by atoms with van der Waals surface area (Å²) in [5.41, 5.74) is 7.05. The molecule has 1 aliphatic heterocycles. The van der Waals surface area contributed by atoms with Crippen LogP contribution in [0.15, 0.2) is 140 Å². The van der Waals surface area contributed by atoms with E-state index in [1.807, 2.05) is 4.90 Å². The number of amides is 1. The molecular formula is C39H37NO. The maximum atomic E-state index is 13.2. The fourth-order valence-corrected chi connectivity index (χ4v) is 7.50. The van der Waals surface area contributed by atoms with Gasteiger partial charge in [-0.05, 0) is 59.7 Å². The molecule has 5 aromatic carbocycles. The molecule has 5 aromatic rings. The lowest BCUT2D eigenvalue weighted by Crippen LogP contribution is -2.55. The summed E-state index contributed by atoms with van der Waals surface area (Å²) in [7, 11) is 0. The summed E-state index contributed by atoms with van der Waals surface area (Å²) in [6.45, 7) is 8.41. The number of carbonyl (C=O) groups excluding carboxylic acids is 1. The number of hydrogen-bond acceptors (Lipinski definition) is 1. The SMILES string of the molecule is CC(=O)N1c2ccc(C(c3ccccc3)(c3ccccc3)c3ccccc3)cc2[C@](C)(c2ccccc2)CC1(C)C. The summed E-state index contributed by atoms with van der Waals surface area (Å²) in [6, 6.07) is 50.0. The second-order valence-electron chi connectivity index (χ2n) is 12.1. The van der Waals surface area contributed by atoms with Crippen LogP contribution >= 0.6 is 0 Å². The first-order chi connectivity index (χ1) is 19.8. The smallest absolute Gasteiger partial charge is 0.224 e. The second-order valence-corrected chi connectivity index (χ2v) is 12.1. The molecule has 0 saturated heterocycles. The summed E-state index contributed by atoms with van der Waals surface area (Å²) in [5, 5.41) is 0. The molecule has 1 aliphatic rings. The van der Waals surface area contributed by atoms with E-state index in [1.165, 1.54) is 33.4 Å². The predicted molar refractivity (Wildman–Crippen MR) is 170 cm³/mol. The van der Waals surface area contributed by atoms with E-state index in [0.717, 1.165) is 12.1 Å². The van der Waals surface area contributed by atoms with Gasteiger partial charge in [0.25, 0.3) is 0 Å². The Morgan fingerprint density at radius 2 is 1.05 bits per heavy atom. The van der Waals surface area contributed by atoms with Gasteiger partial charge < -0.3 is 4.90 Å². The fraction of sp³-hybridized carbons (Fsp3) is 0.205. The van der Waals surface area contributed by atoms with Gasteiger partial charge >= 0.3 is 0 Å². The maximum absolute atomic E-state index is 13.2. The van der Waals surface area contributed by atoms with E-state index in [-0.39, 0.29) is 16.9 Å². The first kappa shape index (κ1) is 26.8. The minimum atomic E-state index is -0.551. The van der Waals surface area contributed by atoms with Gasteiger partial charge in [0.05, 0.1) is 5.41 Å². The Balaban J connectivity index is 1.73. The van der Waals surface area contributed by atoms with Crippen molar-refractivity contribution < 1.29 is 4.79 Å². The lowest BCUT2D eigenvalue weighted by molar-refractivity contribution is -0.117. The van der Waals surface area contributed by atoms with E-state index in [2.05, 4.69) is 160 Å². The van der Waals surface area contributed by atoms with Gasteiger partial charge in [-0.1, -0.05) is 140 Å². The van der Waals surface area contributed by atoms with E-state index in [4.69, 9.17) is 0 Å². The highest BCUT2D eigenvalue weighted by Crippen LogP contribution is 2.53. The average molecular weight is 536 g/mol. The van der Waals surface area contributed by atoms with Crippen LogP contribution in [0.5, 0.6) is 0 Å². The Labute approximate surface area is 244 Å². The van der Waals surface area contributed by atoms with Crippen LogP contribution in [0.4, 0.5) is 5.69 Å². The molecule has 0 fully saturated rings. The van der Waals surface area contributed by atoms with Gasteiger partial charge in [0.15, 0.2) is 0 Å². The number of anilines is 1. The number of carbonyl (C=O) groups is 1. The lowest BCUT2D eigenvalue weighted by Gasteiger charge is -2.51. The number of rotatable bonds is 5. The molecule has 2 heteroatoms. The van der Waals surface area contributed by atoms with Crippen molar-refractivity contribution in [3.8, 4) is 0 Å². The minimum absolute atomic E-state index is 0.0690. The number of nitrogens with zero attached hydrogens (tertiary/aromatic N) is 1. The second kappa shape index (κ2) is 10.2. The average Bonchev–Trinajstić information content (AvgIpc) is 2.99. The zero-order valence-corrected chi connectivity index (χ0v) is 24.3. The molecule has 1 heterocycles. The highest BCUT2D eigenvalue weighted by Gasteiger charge is 2.48. The summed E-state index contributed by atoms with van der Waals surface area (Å²) >= 11 is 0. The third kappa shape index (κ3) is 4.30. The Hall–Kier alpha value is -4.43. The van der Waals surface area contributed by atoms with Gasteiger partial charge in [-0.2, -0.15) is 0 Å². The van der Waals surface area contributed by atoms with Crippen LogP contribution in [0, 0.1) is 0 Å². The van der Waals surface area contributed by atoms with Gasteiger partial charge in [0.2, 0.25) is 5.91 Å². The molecule has 0 spiro atoms. The van der Waals surface area contributed by atoms with E-state index in [0.29, 0.717) is 0 Å². The molecule has 0 aromatic heterocycles. The van der Waals surface area contributed by atoms with Crippen LogP contribution in [0.2, 0.25) is 0 Å². The first-order valence-electron chi connectivity index (χ1n) is 14.5. The molecule has 41 heavy (non-hydrogen) atoms. The van der Waals surface area contributed by atoms with Crippen LogP contribution in [0.1, 0.15) is 67.5 Å². The molecule has 1 amide bonds. The highest BCUT2D eigenvalue weighted by molar-refractivity contribution is 5.95. The fourth-order valence-electron chi connectivity index (χ4n) is 7.50. The minimum Gasteiger partial charge on any atom is -0.307 e. The highest BCUT2D eigenvalue weighted by atomic mass is 16.2. The Morgan fingerprint density at radius 1 is 0.610 bits per heavy atom. The maximum Gasteiger partial charge on any atom is 0.224 e. The molecule has 0 unspecified atom stereocenters. The van der Waals surface area contributed by atoms with Crippen LogP contribution in [-0.2, 0) is 15.6 Å². The standard InChI is InChI=1S/C39H37NO/c1-29(41)40-36-26-25-34(27-35(36)38(4,28-37(40,2)3)30-17-9-5-10-18-30)39(31-19-11-6-12-20-31,32-21-13-7-14-22-32)33-23-15-8-16-24-33/h5-27H,28H2,1-4H3/t38-/m0/s1. The molecule has 6 rings (SSSR count). The molecule has 0 N–H and O–H groups in total. The van der Waals surface area contributed by atoms with Crippen molar-refractivity contribution in [2.45, 2.75) is 50.5 Å². The quantitative estimate of drug-likeness (QED) is 0.206. The van der Waals surface area contributed by atoms with Crippen LogP contribution < -0.4 is 4.90 Å². The van der Waals surface area contributed by atoms with Crippen LogP contribution in [-0.4, -0.2) is 11.4 Å². The Bertz CT molecular complexity index is 1560. The molecular weight excluding hydrogens is 498 g/mol. The third-order valence-corrected chi connectivity index (χ3v) is 9.00. The predicted octanol–water partition coefficient (Wildman–Crippen LogP) is 8.91. The number of benzene rings is 5. The van der Waals surface area contributed by atoms with Gasteiger partial charge in [0.1, 0.15) is 0 Å². The molecule has 0 aliphatic carbocycles. The first-order valence-corrected chi connectivity index (χ1v) is 14.5. The molecule has 204 valence electrons. The Morgan fingerprint density at radius 3 is 1.49 bits per heavy atom. The van der Waals surface area contributed by atoms with Gasteiger partial charge in [0, 0.05) is 23.6 Å². The van der Waals surface area contributed by atoms with Crippen molar-refractivity contribution in [3.05, 3.63) is 173 Å². The Kier molecular flexibility index (Phi) is 6.66. The normalized spacial score (nSPS) is 18.0. The van der Waals surface area contributed by atoms with Crippen molar-refractivity contribution >= 4 is 11.6 Å². The molecule has 2 nitrogen and oxygen atoms in total. The van der Waals surface area contributed by atoms with Crippen LogP contribution in [0.25, 0.3) is 0 Å². The van der Waals surface area contributed by atoms with Crippen molar-refractivity contribution in [3.63, 3.8) is 0 Å². The van der Waals surface area contributed by atoms with Crippen molar-refractivity contribution in [1.82, 2.24) is 0 Å². The van der Waals surface area contributed by atoms with Crippen molar-refractivity contribution in [1.29, 1.82) is 0 Å². The molecule has 0 bridgehead atoms. The topological polar surface area (TPSA) is 20.3 Å². The molecule has 0 radical (unpaired) electrons. The van der Waals surface area contributed by atoms with E-state index < -0.39 is 5.41 Å². The number of hydrogen-bond donors (Lipinski definition) is 0. The lowest BCUT2D eigenvalue weighted by atomic mass is 9.61. The summed E-state index contributed by atoms with van der Waals surface area (Å²) in [6.07, 6.45) is 0.815. The monoisotopic (exact) mass is 535 g/mol. The third-order valence-electron chi connectivity index (χ3n) is 9.00. The van der Waals surface area contributed by atoms with Gasteiger partial charge in [-0.3, -0.25) is 4.79 Å². The largest absolute Gasteiger partial charge is 0.307 e. The van der Waals surface area contributed by atoms with E-state index >= 15 is 0 Å². The van der Waals surface area contributed by atoms with Gasteiger partial charge in [-0.25, -0.2) is 0 Å². The van der Waals surface area contributed by atoms with Crippen molar-refractivity contribution in [2.24, 2.45) is 0 Å².